The third-order valence-corrected chi connectivity index (χ3v) is 3.66. The molecule has 20 heavy (non-hydrogen) atoms. The number of halogens is 1. The first-order valence-corrected chi connectivity index (χ1v) is 7.03. The molecule has 0 saturated heterocycles. The lowest BCUT2D eigenvalue weighted by Gasteiger charge is -2.17. The Morgan fingerprint density at radius 2 is 2.20 bits per heavy atom. The number of nitrogens with zero attached hydrogens (tertiary/aromatic N) is 2. The van der Waals surface area contributed by atoms with E-state index in [-0.39, 0.29) is 11.8 Å². The second-order valence-electron chi connectivity index (χ2n) is 4.60. The summed E-state index contributed by atoms with van der Waals surface area (Å²) in [4.78, 5) is 17.9. The monoisotopic (exact) mass is 293 g/mol. The summed E-state index contributed by atoms with van der Waals surface area (Å²) < 4.78 is 13.0. The van der Waals surface area contributed by atoms with Crippen molar-refractivity contribution in [3.8, 4) is 0 Å². The molecule has 0 aliphatic heterocycles. The molecule has 0 atom stereocenters. The summed E-state index contributed by atoms with van der Waals surface area (Å²) >= 11 is 1.55. The lowest BCUT2D eigenvalue weighted by atomic mass is 10.2. The van der Waals surface area contributed by atoms with Crippen LogP contribution in [-0.4, -0.2) is 23.0 Å². The Bertz CT molecular complexity index is 627. The van der Waals surface area contributed by atoms with Gasteiger partial charge in [0.05, 0.1) is 17.2 Å². The van der Waals surface area contributed by atoms with Gasteiger partial charge in [-0.25, -0.2) is 14.2 Å². The summed E-state index contributed by atoms with van der Waals surface area (Å²) in [5.74, 6) is -0.313. The molecule has 106 valence electrons. The van der Waals surface area contributed by atoms with Crippen molar-refractivity contribution in [3.63, 3.8) is 0 Å². The highest BCUT2D eigenvalue weighted by molar-refractivity contribution is 7.09. The first kappa shape index (κ1) is 14.5. The fraction of sp³-hybridized carbons (Fsp3) is 0.286. The summed E-state index contributed by atoms with van der Waals surface area (Å²) in [6.45, 7) is 4.12. The number of aromatic nitrogens is 1. The maximum atomic E-state index is 13.0. The highest BCUT2D eigenvalue weighted by atomic mass is 32.1. The Hall–Kier alpha value is -1.95. The molecule has 6 heteroatoms. The molecule has 4 nitrogen and oxygen atoms in total. The van der Waals surface area contributed by atoms with Crippen LogP contribution in [0.5, 0.6) is 0 Å². The molecule has 0 radical (unpaired) electrons. The molecule has 2 amide bonds. The molecule has 1 aromatic carbocycles. The fourth-order valence-corrected chi connectivity index (χ4v) is 2.38. The first-order chi connectivity index (χ1) is 9.45. The third kappa shape index (κ3) is 3.54. The van der Waals surface area contributed by atoms with E-state index in [0.717, 1.165) is 10.7 Å². The molecule has 1 aromatic heterocycles. The Morgan fingerprint density at radius 3 is 2.80 bits per heavy atom. The number of thiazole rings is 1. The minimum atomic E-state index is -0.313. The number of carbonyl (C=O) groups excluding carboxylic acids is 1. The second kappa shape index (κ2) is 6.00. The Labute approximate surface area is 121 Å². The molecule has 0 fully saturated rings. The van der Waals surface area contributed by atoms with Gasteiger partial charge in [0.15, 0.2) is 0 Å². The van der Waals surface area contributed by atoms with Gasteiger partial charge in [0, 0.05) is 18.1 Å². The van der Waals surface area contributed by atoms with E-state index in [1.165, 1.54) is 17.0 Å². The molecular weight excluding hydrogens is 277 g/mol. The Morgan fingerprint density at radius 1 is 1.45 bits per heavy atom. The van der Waals surface area contributed by atoms with Gasteiger partial charge in [-0.05, 0) is 37.6 Å². The highest BCUT2D eigenvalue weighted by Crippen LogP contribution is 2.16. The van der Waals surface area contributed by atoms with Crippen molar-refractivity contribution >= 4 is 23.1 Å². The van der Waals surface area contributed by atoms with E-state index in [9.17, 15) is 9.18 Å². The van der Waals surface area contributed by atoms with Gasteiger partial charge >= 0.3 is 6.03 Å². The predicted octanol–water partition coefficient (Wildman–Crippen LogP) is 3.56. The summed E-state index contributed by atoms with van der Waals surface area (Å²) in [5.41, 5.74) is 2.16. The van der Waals surface area contributed by atoms with Crippen molar-refractivity contribution in [2.45, 2.75) is 20.4 Å². The van der Waals surface area contributed by atoms with Crippen molar-refractivity contribution < 1.29 is 9.18 Å². The van der Waals surface area contributed by atoms with Gasteiger partial charge in [0.25, 0.3) is 0 Å². The van der Waals surface area contributed by atoms with Crippen LogP contribution in [0.3, 0.4) is 0 Å². The number of carbonyl (C=O) groups is 1. The van der Waals surface area contributed by atoms with Gasteiger partial charge in [0.2, 0.25) is 0 Å². The summed E-state index contributed by atoms with van der Waals surface area (Å²) in [5, 5.41) is 5.67. The SMILES string of the molecule is Cc1nc(CN(C)C(=O)Nc2ccc(F)cc2C)cs1. The van der Waals surface area contributed by atoms with E-state index in [0.29, 0.717) is 17.8 Å². The van der Waals surface area contributed by atoms with Crippen molar-refractivity contribution in [1.82, 2.24) is 9.88 Å². The van der Waals surface area contributed by atoms with Crippen molar-refractivity contribution in [2.24, 2.45) is 0 Å². The first-order valence-electron chi connectivity index (χ1n) is 6.15. The lowest BCUT2D eigenvalue weighted by Crippen LogP contribution is -2.31. The number of aryl methyl sites for hydroxylation is 2. The van der Waals surface area contributed by atoms with E-state index < -0.39 is 0 Å². The predicted molar refractivity (Wildman–Crippen MR) is 78.5 cm³/mol. The van der Waals surface area contributed by atoms with E-state index in [4.69, 9.17) is 0 Å². The van der Waals surface area contributed by atoms with E-state index in [1.807, 2.05) is 12.3 Å². The number of benzene rings is 1. The van der Waals surface area contributed by atoms with Crippen LogP contribution in [0.25, 0.3) is 0 Å². The van der Waals surface area contributed by atoms with Crippen LogP contribution in [0.15, 0.2) is 23.6 Å². The van der Waals surface area contributed by atoms with Crippen LogP contribution in [0.2, 0.25) is 0 Å². The van der Waals surface area contributed by atoms with Gasteiger partial charge < -0.3 is 10.2 Å². The van der Waals surface area contributed by atoms with Crippen molar-refractivity contribution in [3.05, 3.63) is 45.7 Å². The minimum absolute atomic E-state index is 0.245. The molecule has 0 aliphatic rings. The van der Waals surface area contributed by atoms with Crippen molar-refractivity contribution in [2.75, 3.05) is 12.4 Å². The average molecular weight is 293 g/mol. The molecule has 0 unspecified atom stereocenters. The maximum absolute atomic E-state index is 13.0. The Kier molecular flexibility index (Phi) is 4.34. The molecule has 0 spiro atoms. The zero-order valence-corrected chi connectivity index (χ0v) is 12.4. The molecule has 1 N–H and O–H groups in total. The van der Waals surface area contributed by atoms with Gasteiger partial charge in [-0.1, -0.05) is 0 Å². The summed E-state index contributed by atoms with van der Waals surface area (Å²) in [7, 11) is 1.70. The minimum Gasteiger partial charge on any atom is -0.322 e. The van der Waals surface area contributed by atoms with Crippen LogP contribution < -0.4 is 5.32 Å². The standard InChI is InChI=1S/C14H16FN3OS/c1-9-6-11(15)4-5-13(9)17-14(19)18(3)7-12-8-20-10(2)16-12/h4-6,8H,7H2,1-3H3,(H,17,19). The van der Waals surface area contributed by atoms with Crippen LogP contribution in [0, 0.1) is 19.7 Å². The molecule has 2 aromatic rings. The van der Waals surface area contributed by atoms with Crippen LogP contribution in [0.4, 0.5) is 14.9 Å². The lowest BCUT2D eigenvalue weighted by molar-refractivity contribution is 0.220. The maximum Gasteiger partial charge on any atom is 0.321 e. The summed E-state index contributed by atoms with van der Waals surface area (Å²) in [6.07, 6.45) is 0. The average Bonchev–Trinajstić information content (AvgIpc) is 2.78. The topological polar surface area (TPSA) is 45.2 Å². The van der Waals surface area contributed by atoms with Gasteiger partial charge in [0.1, 0.15) is 5.82 Å². The highest BCUT2D eigenvalue weighted by Gasteiger charge is 2.12. The number of amides is 2. The van der Waals surface area contributed by atoms with Gasteiger partial charge in [-0.3, -0.25) is 0 Å². The number of rotatable bonds is 3. The molecule has 0 saturated carbocycles. The van der Waals surface area contributed by atoms with Crippen LogP contribution in [0.1, 0.15) is 16.3 Å². The van der Waals surface area contributed by atoms with Crippen molar-refractivity contribution in [1.29, 1.82) is 0 Å². The number of anilines is 1. The van der Waals surface area contributed by atoms with Crippen LogP contribution >= 0.6 is 11.3 Å². The molecule has 0 aliphatic carbocycles. The largest absolute Gasteiger partial charge is 0.322 e. The fourth-order valence-electron chi connectivity index (χ4n) is 1.77. The second-order valence-corrected chi connectivity index (χ2v) is 5.67. The van der Waals surface area contributed by atoms with Gasteiger partial charge in [-0.2, -0.15) is 0 Å². The van der Waals surface area contributed by atoms with Crippen LogP contribution in [-0.2, 0) is 6.54 Å². The zero-order valence-electron chi connectivity index (χ0n) is 11.6. The van der Waals surface area contributed by atoms with E-state index in [1.54, 1.807) is 31.4 Å². The van der Waals surface area contributed by atoms with Gasteiger partial charge in [-0.15, -0.1) is 11.3 Å². The number of hydrogen-bond donors (Lipinski definition) is 1. The normalized spacial score (nSPS) is 10.4. The Balaban J connectivity index is 2.00. The number of nitrogens with one attached hydrogen (secondary N) is 1. The number of urea groups is 1. The third-order valence-electron chi connectivity index (χ3n) is 2.84. The molecular formula is C14H16FN3OS. The molecule has 0 bridgehead atoms. The summed E-state index contributed by atoms with van der Waals surface area (Å²) in [6, 6.07) is 4.03. The quantitative estimate of drug-likeness (QED) is 0.940. The smallest absolute Gasteiger partial charge is 0.321 e. The van der Waals surface area contributed by atoms with E-state index >= 15 is 0 Å². The molecule has 2 rings (SSSR count). The zero-order chi connectivity index (χ0) is 14.7. The number of hydrogen-bond acceptors (Lipinski definition) is 3. The molecule has 1 heterocycles. The van der Waals surface area contributed by atoms with E-state index in [2.05, 4.69) is 10.3 Å².